The second-order valence-corrected chi connectivity index (χ2v) is 16.4. The first-order valence-corrected chi connectivity index (χ1v) is 22.7. The van der Waals surface area contributed by atoms with Gasteiger partial charge in [0.1, 0.15) is 6.04 Å². The second kappa shape index (κ2) is 26.0. The van der Waals surface area contributed by atoms with E-state index in [1.165, 1.54) is 7.11 Å². The molecule has 0 saturated heterocycles. The number of benzene rings is 3. The number of methoxy groups -OCH3 is 1. The van der Waals surface area contributed by atoms with Crippen LogP contribution in [-0.2, 0) is 43.4 Å². The molecule has 6 rings (SSSR count). The highest BCUT2D eigenvalue weighted by Crippen LogP contribution is 2.35. The molecule has 3 heterocycles. The van der Waals surface area contributed by atoms with Crippen molar-refractivity contribution in [3.63, 3.8) is 0 Å². The van der Waals surface area contributed by atoms with Crippen LogP contribution in [0.15, 0.2) is 116 Å². The molecule has 2 atom stereocenters. The molecule has 1 aliphatic rings. The zero-order chi connectivity index (χ0) is 47.2. The lowest BCUT2D eigenvalue weighted by Gasteiger charge is -2.24. The lowest BCUT2D eigenvalue weighted by molar-refractivity contribution is -0.141. The number of carbonyl (C=O) groups excluding carboxylic acids is 5. The number of urea groups is 1. The maximum Gasteiger partial charge on any atom is 0.323 e. The first kappa shape index (κ1) is 49.1. The first-order chi connectivity index (χ1) is 32.6. The fourth-order valence-electron chi connectivity index (χ4n) is 7.55. The highest BCUT2D eigenvalue weighted by atomic mass is 16.7. The van der Waals surface area contributed by atoms with E-state index in [0.717, 1.165) is 42.8 Å². The number of ether oxygens (including phenoxy) is 3. The van der Waals surface area contributed by atoms with E-state index in [-0.39, 0.29) is 32.0 Å². The average Bonchev–Trinajstić information content (AvgIpc) is 3.81. The zero-order valence-electron chi connectivity index (χ0n) is 38.1. The lowest BCUT2D eigenvalue weighted by atomic mass is 10.0. The van der Waals surface area contributed by atoms with Gasteiger partial charge in [-0.1, -0.05) is 55.0 Å². The Bertz CT molecular complexity index is 2340. The highest BCUT2D eigenvalue weighted by molar-refractivity contribution is 6.00. The first-order valence-electron chi connectivity index (χ1n) is 22.7. The van der Waals surface area contributed by atoms with E-state index in [9.17, 15) is 24.0 Å². The minimum atomic E-state index is -0.960. The van der Waals surface area contributed by atoms with Crippen LogP contribution < -0.4 is 36.1 Å². The van der Waals surface area contributed by atoms with Crippen molar-refractivity contribution in [2.45, 2.75) is 89.9 Å². The van der Waals surface area contributed by atoms with Crippen molar-refractivity contribution in [1.82, 2.24) is 30.8 Å². The third-order valence-electron chi connectivity index (χ3n) is 11.2. The van der Waals surface area contributed by atoms with E-state index in [1.54, 1.807) is 54.9 Å². The molecule has 1 aliphatic heterocycles. The Morgan fingerprint density at radius 1 is 0.731 bits per heavy atom. The Morgan fingerprint density at radius 3 is 2.15 bits per heavy atom. The number of pyridine rings is 2. The molecule has 352 valence electrons. The SMILES string of the molecule is COC(=O)C[C@H](NC(=O)[C@H](CCCCNC(=O)CCCCCN(Cc1ccccn1)Cc1ccccn1)NC(=O)Cc1ccc(NC(=O)Nc2ccccc2C)cc1)c1ccc2c(c1)OCO2. The van der Waals surface area contributed by atoms with Gasteiger partial charge in [-0.05, 0) is 117 Å². The number of aromatic nitrogens is 2. The van der Waals surface area contributed by atoms with E-state index in [1.807, 2.05) is 67.6 Å². The summed E-state index contributed by atoms with van der Waals surface area (Å²) in [6, 6.07) is 29.1. The average molecular weight is 913 g/mol. The number of carbonyl (C=O) groups is 5. The summed E-state index contributed by atoms with van der Waals surface area (Å²) in [6.45, 7) is 4.64. The minimum absolute atomic E-state index is 0.0320. The van der Waals surface area contributed by atoms with Crippen molar-refractivity contribution >= 4 is 41.1 Å². The Balaban J connectivity index is 0.989. The van der Waals surface area contributed by atoms with Crippen molar-refractivity contribution in [3.05, 3.63) is 144 Å². The van der Waals surface area contributed by atoms with Crippen LogP contribution in [0.2, 0.25) is 0 Å². The summed E-state index contributed by atoms with van der Waals surface area (Å²) >= 11 is 0. The van der Waals surface area contributed by atoms with Crippen molar-refractivity contribution in [2.24, 2.45) is 0 Å². The Hall–Kier alpha value is -7.33. The van der Waals surface area contributed by atoms with E-state index in [2.05, 4.69) is 41.5 Å². The van der Waals surface area contributed by atoms with Gasteiger partial charge in [0.25, 0.3) is 0 Å². The molecule has 3 aromatic carbocycles. The van der Waals surface area contributed by atoms with Gasteiger partial charge in [-0.25, -0.2) is 4.79 Å². The van der Waals surface area contributed by atoms with Gasteiger partial charge in [0.05, 0.1) is 37.4 Å². The molecule has 5 amide bonds. The Morgan fingerprint density at radius 2 is 1.45 bits per heavy atom. The number of amides is 5. The monoisotopic (exact) mass is 912 g/mol. The molecule has 2 aromatic heterocycles. The fourth-order valence-corrected chi connectivity index (χ4v) is 7.55. The topological polar surface area (TPSA) is 202 Å². The molecule has 0 radical (unpaired) electrons. The van der Waals surface area contributed by atoms with E-state index >= 15 is 0 Å². The Kier molecular flexibility index (Phi) is 19.0. The number of aryl methyl sites for hydroxylation is 1. The van der Waals surface area contributed by atoms with Crippen LogP contribution in [0, 0.1) is 6.92 Å². The van der Waals surface area contributed by atoms with Gasteiger partial charge >= 0.3 is 12.0 Å². The number of unbranched alkanes of at least 4 members (excludes halogenated alkanes) is 3. The normalized spacial score (nSPS) is 12.4. The number of anilines is 2. The van der Waals surface area contributed by atoms with Crippen LogP contribution in [0.5, 0.6) is 11.5 Å². The van der Waals surface area contributed by atoms with Gasteiger partial charge in [-0.15, -0.1) is 0 Å². The molecule has 5 aromatic rings. The van der Waals surface area contributed by atoms with Gasteiger partial charge < -0.3 is 40.8 Å². The van der Waals surface area contributed by atoms with Crippen molar-refractivity contribution < 1.29 is 38.2 Å². The number of rotatable bonds is 25. The van der Waals surface area contributed by atoms with Crippen molar-refractivity contribution in [1.29, 1.82) is 0 Å². The van der Waals surface area contributed by atoms with Gasteiger partial charge in [0.2, 0.25) is 24.5 Å². The number of para-hydroxylation sites is 1. The minimum Gasteiger partial charge on any atom is -0.469 e. The van der Waals surface area contributed by atoms with Crippen molar-refractivity contribution in [2.75, 3.05) is 37.6 Å². The van der Waals surface area contributed by atoms with Crippen LogP contribution >= 0.6 is 0 Å². The maximum absolute atomic E-state index is 14.0. The molecule has 0 fully saturated rings. The summed E-state index contributed by atoms with van der Waals surface area (Å²) in [6.07, 6.45) is 7.73. The summed E-state index contributed by atoms with van der Waals surface area (Å²) in [5.41, 5.74) is 5.42. The quantitative estimate of drug-likeness (QED) is 0.0294. The predicted molar refractivity (Wildman–Crippen MR) is 254 cm³/mol. The molecule has 67 heavy (non-hydrogen) atoms. The predicted octanol–water partition coefficient (Wildman–Crippen LogP) is 7.15. The molecule has 0 aliphatic carbocycles. The smallest absolute Gasteiger partial charge is 0.323 e. The summed E-state index contributed by atoms with van der Waals surface area (Å²) in [4.78, 5) is 76.8. The number of fused-ring (bicyclic) bond motifs is 1. The van der Waals surface area contributed by atoms with Gasteiger partial charge in [0, 0.05) is 49.8 Å². The lowest BCUT2D eigenvalue weighted by Crippen LogP contribution is -2.48. The summed E-state index contributed by atoms with van der Waals surface area (Å²) in [5.74, 6) is -0.411. The molecule has 0 saturated carbocycles. The van der Waals surface area contributed by atoms with Crippen molar-refractivity contribution in [3.8, 4) is 11.5 Å². The Labute approximate surface area is 391 Å². The van der Waals surface area contributed by atoms with Crippen LogP contribution in [-0.4, -0.2) is 77.6 Å². The standard InChI is InChI=1S/C51H60N8O8/c1-36-14-5-6-17-42(36)58-51(64)55-39-23-20-37(21-24-39)30-48(61)56-43(50(63)57-44(32-49(62)65-2)38-22-25-45-46(31-38)67-35-66-45)18-9-12-28-54-47(60)19-4-3-13-29-59(33-40-15-7-10-26-52-40)34-41-16-8-11-27-53-41/h5-8,10-11,14-17,20-27,31,43-44H,3-4,9,12-13,18-19,28-30,32-35H2,1-2H3,(H,54,60)(H,56,61)(H,57,63)(H2,55,58,64)/t43-,44-/m0/s1. The molecule has 0 spiro atoms. The van der Waals surface area contributed by atoms with Gasteiger partial charge in [-0.2, -0.15) is 0 Å². The summed E-state index contributed by atoms with van der Waals surface area (Å²) in [5, 5.41) is 14.5. The zero-order valence-corrected chi connectivity index (χ0v) is 38.1. The van der Waals surface area contributed by atoms with Crippen LogP contribution in [0.25, 0.3) is 0 Å². The number of hydrogen-bond donors (Lipinski definition) is 5. The number of hydrogen-bond acceptors (Lipinski definition) is 11. The molecule has 0 bridgehead atoms. The molecule has 5 N–H and O–H groups in total. The van der Waals surface area contributed by atoms with Crippen LogP contribution in [0.4, 0.5) is 16.2 Å². The van der Waals surface area contributed by atoms with E-state index < -0.39 is 35.9 Å². The molecular formula is C51H60N8O8. The van der Waals surface area contributed by atoms with Crippen LogP contribution in [0.1, 0.15) is 85.5 Å². The number of nitrogens with zero attached hydrogens (tertiary/aromatic N) is 3. The van der Waals surface area contributed by atoms with E-state index in [4.69, 9.17) is 14.2 Å². The van der Waals surface area contributed by atoms with E-state index in [0.29, 0.717) is 72.9 Å². The van der Waals surface area contributed by atoms with Crippen LogP contribution in [0.3, 0.4) is 0 Å². The highest BCUT2D eigenvalue weighted by Gasteiger charge is 2.27. The molecule has 16 heteroatoms. The fraction of sp³-hybridized carbons (Fsp3) is 0.353. The molecular weight excluding hydrogens is 853 g/mol. The largest absolute Gasteiger partial charge is 0.469 e. The summed E-state index contributed by atoms with van der Waals surface area (Å²) in [7, 11) is 1.27. The van der Waals surface area contributed by atoms with Gasteiger partial charge in [0.15, 0.2) is 11.5 Å². The molecule has 16 nitrogen and oxygen atoms in total. The van der Waals surface area contributed by atoms with Gasteiger partial charge in [-0.3, -0.25) is 34.0 Å². The third-order valence-corrected chi connectivity index (χ3v) is 11.2. The maximum atomic E-state index is 14.0. The summed E-state index contributed by atoms with van der Waals surface area (Å²) < 4.78 is 15.9. The second-order valence-electron chi connectivity index (χ2n) is 16.4. The number of esters is 1. The third kappa shape index (κ3) is 16.6. The molecule has 0 unspecified atom stereocenters. The number of nitrogens with one attached hydrogen (secondary N) is 5.